The van der Waals surface area contributed by atoms with Crippen LogP contribution in [0.1, 0.15) is 0 Å². The molecule has 0 atom stereocenters. The van der Waals surface area contributed by atoms with Gasteiger partial charge in [0.15, 0.2) is 0 Å². The Balaban J connectivity index is 1.18. The molecule has 0 saturated heterocycles. The van der Waals surface area contributed by atoms with E-state index in [4.69, 9.17) is 0 Å². The number of anilines is 3. The molecule has 0 amide bonds. The van der Waals surface area contributed by atoms with E-state index < -0.39 is 0 Å². The third-order valence-corrected chi connectivity index (χ3v) is 9.83. The molecule has 2 nitrogen and oxygen atoms in total. The zero-order valence-corrected chi connectivity index (χ0v) is 28.7. The molecule has 0 aliphatic rings. The maximum absolute atomic E-state index is 2.35. The number of rotatable bonds is 8. The van der Waals surface area contributed by atoms with Crippen LogP contribution in [0.3, 0.4) is 0 Å². The van der Waals surface area contributed by atoms with Crippen LogP contribution in [0.2, 0.25) is 0 Å². The van der Waals surface area contributed by atoms with Crippen LogP contribution in [0.25, 0.3) is 61.3 Å². The van der Waals surface area contributed by atoms with Crippen LogP contribution in [0.15, 0.2) is 219 Å². The topological polar surface area (TPSA) is 7.65 Å². The van der Waals surface area contributed by atoms with Crippen LogP contribution in [0.4, 0.5) is 17.1 Å². The van der Waals surface area contributed by atoms with Crippen LogP contribution in [-0.2, 0) is 0 Å². The first-order valence-corrected chi connectivity index (χ1v) is 17.8. The fourth-order valence-electron chi connectivity index (χ4n) is 7.36. The van der Waals surface area contributed by atoms with Crippen molar-refractivity contribution in [3.05, 3.63) is 219 Å². The van der Waals surface area contributed by atoms with Crippen LogP contribution >= 0.6 is 0 Å². The summed E-state index contributed by atoms with van der Waals surface area (Å²) >= 11 is 0. The van der Waals surface area contributed by atoms with Gasteiger partial charge in [-0.1, -0.05) is 164 Å². The van der Waals surface area contributed by atoms with Gasteiger partial charge in [0.2, 0.25) is 0 Å². The lowest BCUT2D eigenvalue weighted by atomic mass is 9.93. The molecule has 0 radical (unpaired) electrons. The molecule has 246 valence electrons. The van der Waals surface area contributed by atoms with Crippen molar-refractivity contribution in [3.63, 3.8) is 0 Å². The van der Waals surface area contributed by atoms with Crippen LogP contribution < -0.4 is 4.90 Å². The lowest BCUT2D eigenvalue weighted by Crippen LogP contribution is -2.09. The molecule has 0 unspecified atom stereocenters. The summed E-state index contributed by atoms with van der Waals surface area (Å²) in [7, 11) is 0. The lowest BCUT2D eigenvalue weighted by molar-refractivity contribution is 1.20. The summed E-state index contributed by atoms with van der Waals surface area (Å²) < 4.78 is 2.34. The summed E-state index contributed by atoms with van der Waals surface area (Å²) in [6, 6.07) is 76.0. The van der Waals surface area contributed by atoms with E-state index in [0.717, 1.165) is 17.1 Å². The van der Waals surface area contributed by atoms with Crippen molar-refractivity contribution in [2.45, 2.75) is 0 Å². The molecule has 0 bridgehead atoms. The van der Waals surface area contributed by atoms with Crippen LogP contribution in [-0.4, -0.2) is 4.40 Å². The van der Waals surface area contributed by atoms with E-state index in [2.05, 4.69) is 228 Å². The summed E-state index contributed by atoms with van der Waals surface area (Å²) in [5, 5.41) is 0. The largest absolute Gasteiger partial charge is 0.315 e. The molecule has 7 aromatic carbocycles. The van der Waals surface area contributed by atoms with Gasteiger partial charge in [0.05, 0.1) is 11.2 Å². The molecule has 0 aliphatic heterocycles. The Kier molecular flexibility index (Phi) is 8.24. The Morgan fingerprint density at radius 3 is 1.08 bits per heavy atom. The minimum absolute atomic E-state index is 1.09. The minimum Gasteiger partial charge on any atom is -0.315 e. The maximum atomic E-state index is 2.35. The summed E-state index contributed by atoms with van der Waals surface area (Å²) in [5.74, 6) is 0. The third kappa shape index (κ3) is 5.87. The van der Waals surface area contributed by atoms with Crippen molar-refractivity contribution < 1.29 is 0 Å². The smallest absolute Gasteiger partial charge is 0.0613 e. The van der Waals surface area contributed by atoms with Crippen LogP contribution in [0.5, 0.6) is 0 Å². The molecule has 0 aliphatic carbocycles. The average Bonchev–Trinajstić information content (AvgIpc) is 3.58. The summed E-state index contributed by atoms with van der Waals surface area (Å²) in [5.41, 5.74) is 16.5. The summed E-state index contributed by atoms with van der Waals surface area (Å²) in [6.45, 7) is 0. The predicted octanol–water partition coefficient (Wildman–Crippen LogP) is 13.7. The fourth-order valence-corrected chi connectivity index (χ4v) is 7.36. The highest BCUT2D eigenvalue weighted by Crippen LogP contribution is 2.46. The van der Waals surface area contributed by atoms with E-state index >= 15 is 0 Å². The van der Waals surface area contributed by atoms with E-state index in [1.165, 1.54) is 61.3 Å². The zero-order valence-electron chi connectivity index (χ0n) is 28.7. The fraction of sp³-hybridized carbons (Fsp3) is 0. The van der Waals surface area contributed by atoms with Gasteiger partial charge < -0.3 is 9.30 Å². The second-order valence-corrected chi connectivity index (χ2v) is 13.0. The molecule has 9 aromatic rings. The van der Waals surface area contributed by atoms with E-state index in [0.29, 0.717) is 0 Å². The van der Waals surface area contributed by atoms with Gasteiger partial charge in [0.25, 0.3) is 0 Å². The summed E-state index contributed by atoms with van der Waals surface area (Å²) in [6.07, 6.45) is 2.18. The Bertz CT molecular complexity index is 2400. The Morgan fingerprint density at radius 1 is 0.269 bits per heavy atom. The van der Waals surface area contributed by atoms with Crippen molar-refractivity contribution >= 4 is 22.6 Å². The molecular weight excluding hydrogens is 629 g/mol. The van der Waals surface area contributed by atoms with Gasteiger partial charge in [-0.05, 0) is 87.5 Å². The number of fused-ring (bicyclic) bond motifs is 1. The summed E-state index contributed by atoms with van der Waals surface area (Å²) in [4.78, 5) is 2.35. The van der Waals surface area contributed by atoms with Gasteiger partial charge in [-0.3, -0.25) is 0 Å². The molecule has 52 heavy (non-hydrogen) atoms. The number of hydrogen-bond donors (Lipinski definition) is 0. The van der Waals surface area contributed by atoms with E-state index in [1.807, 2.05) is 0 Å². The highest BCUT2D eigenvalue weighted by Gasteiger charge is 2.22. The van der Waals surface area contributed by atoms with Crippen molar-refractivity contribution in [1.82, 2.24) is 4.40 Å². The molecule has 2 heteroatoms. The van der Waals surface area contributed by atoms with Gasteiger partial charge in [-0.15, -0.1) is 0 Å². The quantitative estimate of drug-likeness (QED) is 0.157. The Hall–Kier alpha value is -6.90. The molecule has 0 N–H and O–H groups in total. The van der Waals surface area contributed by atoms with E-state index in [-0.39, 0.29) is 0 Å². The minimum atomic E-state index is 1.09. The maximum Gasteiger partial charge on any atom is 0.0613 e. The van der Waals surface area contributed by atoms with Crippen molar-refractivity contribution in [2.75, 3.05) is 4.90 Å². The first-order chi connectivity index (χ1) is 25.8. The Labute approximate surface area is 305 Å². The molecule has 2 heterocycles. The number of nitrogens with zero attached hydrogens (tertiary/aromatic N) is 2. The first-order valence-electron chi connectivity index (χ1n) is 17.8. The number of hydrogen-bond acceptors (Lipinski definition) is 1. The van der Waals surface area contributed by atoms with Crippen LogP contribution in [0, 0.1) is 0 Å². The molecule has 0 saturated carbocycles. The van der Waals surface area contributed by atoms with E-state index in [1.54, 1.807) is 0 Å². The standard InChI is InChI=1S/C50H36N2/c1-5-15-37(16-6-1)39-24-30-44(31-25-39)52(45-32-26-40(27-33-45)38-17-7-2-8-18-38)46-34-28-42(29-35-46)49-48(41-19-9-3-10-20-41)47-23-13-14-36-51(47)50(49)43-21-11-4-12-22-43/h1-36H. The number of benzene rings is 7. The average molecular weight is 665 g/mol. The highest BCUT2D eigenvalue weighted by molar-refractivity contribution is 6.03. The number of pyridine rings is 1. The van der Waals surface area contributed by atoms with Crippen molar-refractivity contribution in [3.8, 4) is 55.8 Å². The lowest BCUT2D eigenvalue weighted by Gasteiger charge is -2.26. The van der Waals surface area contributed by atoms with Gasteiger partial charge >= 0.3 is 0 Å². The SMILES string of the molecule is c1ccc(-c2ccc(N(c3ccc(-c4ccccc4)cc3)c3ccc(-c4c(-c5ccccc5)c5ccccn5c4-c4ccccc4)cc3)cc2)cc1. The predicted molar refractivity (Wildman–Crippen MR) is 219 cm³/mol. The van der Waals surface area contributed by atoms with Crippen molar-refractivity contribution in [1.29, 1.82) is 0 Å². The molecule has 2 aromatic heterocycles. The zero-order chi connectivity index (χ0) is 34.7. The molecule has 0 spiro atoms. The van der Waals surface area contributed by atoms with Gasteiger partial charge in [-0.25, -0.2) is 0 Å². The first kappa shape index (κ1) is 31.1. The monoisotopic (exact) mass is 664 g/mol. The second kappa shape index (κ2) is 13.8. The van der Waals surface area contributed by atoms with Gasteiger partial charge in [0.1, 0.15) is 0 Å². The van der Waals surface area contributed by atoms with Gasteiger partial charge in [0, 0.05) is 34.4 Å². The highest BCUT2D eigenvalue weighted by atomic mass is 15.1. The second-order valence-electron chi connectivity index (χ2n) is 13.0. The van der Waals surface area contributed by atoms with Gasteiger partial charge in [-0.2, -0.15) is 0 Å². The van der Waals surface area contributed by atoms with E-state index in [9.17, 15) is 0 Å². The third-order valence-electron chi connectivity index (χ3n) is 9.83. The van der Waals surface area contributed by atoms with Crippen molar-refractivity contribution in [2.24, 2.45) is 0 Å². The molecule has 9 rings (SSSR count). The number of aromatic nitrogens is 1. The molecular formula is C50H36N2. The normalized spacial score (nSPS) is 11.1. The molecule has 0 fully saturated rings. The Morgan fingerprint density at radius 2 is 0.615 bits per heavy atom.